The Morgan fingerprint density at radius 1 is 1.13 bits per heavy atom. The van der Waals surface area contributed by atoms with E-state index in [4.69, 9.17) is 31.2 Å². The number of thiocarbonyl (C=S) groups is 1. The number of aromatic nitrogens is 7. The molecule has 0 amide bonds. The first-order valence-electron chi connectivity index (χ1n) is 12.0. The third-order valence-electron chi connectivity index (χ3n) is 6.39. The molecule has 4 unspecified atom stereocenters. The summed E-state index contributed by atoms with van der Waals surface area (Å²) >= 11 is 5.49. The maximum Gasteiger partial charge on any atom is 0.341 e. The lowest BCUT2D eigenvalue weighted by Crippen LogP contribution is -2.45. The summed E-state index contributed by atoms with van der Waals surface area (Å²) in [6.07, 6.45) is 2.49. The van der Waals surface area contributed by atoms with Gasteiger partial charge in [-0.1, -0.05) is 11.2 Å². The standard InChI is InChI=1S/C24H23N9O5S/c1-35-22(34)14-3-2-4-15(9-14)27-23(39)28-18-10-36-21-19(11-37-20(18)21)33-24(29-30-31-33)38-17-7-5-16(6-8-17)32-13-25-12-26-32/h2-9,12-13,18-21H,10-11H2,1H3,(H2,27,28,39). The average Bonchev–Trinajstić information content (AvgIpc) is 3.76. The van der Waals surface area contributed by atoms with E-state index in [1.165, 1.54) is 13.4 Å². The number of nitrogens with one attached hydrogen (secondary N) is 2. The maximum atomic E-state index is 11.8. The Labute approximate surface area is 227 Å². The van der Waals surface area contributed by atoms with E-state index in [-0.39, 0.29) is 30.3 Å². The quantitative estimate of drug-likeness (QED) is 0.253. The second-order valence-electron chi connectivity index (χ2n) is 8.78. The topological polar surface area (TPSA) is 152 Å². The molecule has 2 saturated heterocycles. The highest BCUT2D eigenvalue weighted by molar-refractivity contribution is 7.80. The van der Waals surface area contributed by atoms with Crippen molar-refractivity contribution in [2.75, 3.05) is 25.6 Å². The number of anilines is 1. The van der Waals surface area contributed by atoms with Gasteiger partial charge in [0.05, 0.1) is 37.6 Å². The number of hydrogen-bond donors (Lipinski definition) is 2. The van der Waals surface area contributed by atoms with Gasteiger partial charge in [0, 0.05) is 5.69 Å². The van der Waals surface area contributed by atoms with Crippen molar-refractivity contribution < 1.29 is 23.7 Å². The predicted molar refractivity (Wildman–Crippen MR) is 139 cm³/mol. The Balaban J connectivity index is 1.08. The van der Waals surface area contributed by atoms with Gasteiger partial charge in [-0.2, -0.15) is 9.78 Å². The maximum absolute atomic E-state index is 11.8. The molecule has 0 radical (unpaired) electrons. The van der Waals surface area contributed by atoms with Crippen LogP contribution < -0.4 is 15.4 Å². The molecule has 0 aliphatic carbocycles. The van der Waals surface area contributed by atoms with Crippen LogP contribution >= 0.6 is 12.2 Å². The van der Waals surface area contributed by atoms with Gasteiger partial charge in [0.15, 0.2) is 5.11 Å². The van der Waals surface area contributed by atoms with Gasteiger partial charge in [0.2, 0.25) is 0 Å². The normalized spacial score (nSPS) is 21.8. The second kappa shape index (κ2) is 10.7. The first-order chi connectivity index (χ1) is 19.1. The molecule has 2 aliphatic rings. The minimum absolute atomic E-state index is 0.200. The fraction of sp³-hybridized carbons (Fsp3) is 0.292. The molecule has 2 aromatic carbocycles. The van der Waals surface area contributed by atoms with Crippen LogP contribution in [-0.4, -0.2) is 84.6 Å². The van der Waals surface area contributed by atoms with Crippen molar-refractivity contribution in [3.05, 3.63) is 66.7 Å². The molecule has 2 aromatic heterocycles. The molecule has 2 fully saturated rings. The lowest BCUT2D eigenvalue weighted by Gasteiger charge is -2.20. The van der Waals surface area contributed by atoms with Crippen LogP contribution in [0.3, 0.4) is 0 Å². The highest BCUT2D eigenvalue weighted by Gasteiger charge is 2.50. The van der Waals surface area contributed by atoms with E-state index in [1.807, 2.05) is 12.1 Å². The second-order valence-corrected chi connectivity index (χ2v) is 9.19. The zero-order valence-corrected chi connectivity index (χ0v) is 21.4. The van der Waals surface area contributed by atoms with Gasteiger partial charge >= 0.3 is 12.0 Å². The summed E-state index contributed by atoms with van der Waals surface area (Å²) < 4.78 is 26.1. The van der Waals surface area contributed by atoms with Gasteiger partial charge in [0.25, 0.3) is 0 Å². The number of ether oxygens (including phenoxy) is 4. The minimum atomic E-state index is -0.426. The van der Waals surface area contributed by atoms with E-state index in [1.54, 1.807) is 52.1 Å². The fourth-order valence-corrected chi connectivity index (χ4v) is 4.83. The Hall–Kier alpha value is -4.47. The van der Waals surface area contributed by atoms with E-state index in [0.29, 0.717) is 35.3 Å². The number of methoxy groups -OCH3 is 1. The van der Waals surface area contributed by atoms with Crippen LogP contribution in [0.15, 0.2) is 61.2 Å². The smallest absolute Gasteiger partial charge is 0.341 e. The van der Waals surface area contributed by atoms with E-state index >= 15 is 0 Å². The van der Waals surface area contributed by atoms with Crippen molar-refractivity contribution in [2.24, 2.45) is 0 Å². The largest absolute Gasteiger partial charge is 0.465 e. The van der Waals surface area contributed by atoms with E-state index in [9.17, 15) is 4.79 Å². The third kappa shape index (κ3) is 5.14. The molecule has 4 heterocycles. The van der Waals surface area contributed by atoms with Crippen LogP contribution in [0.1, 0.15) is 16.4 Å². The van der Waals surface area contributed by atoms with Crippen molar-refractivity contribution in [1.82, 2.24) is 40.3 Å². The lowest BCUT2D eigenvalue weighted by atomic mass is 10.1. The predicted octanol–water partition coefficient (Wildman–Crippen LogP) is 1.53. The van der Waals surface area contributed by atoms with Gasteiger partial charge in [0.1, 0.15) is 36.7 Å². The molecule has 6 rings (SSSR count). The molecule has 14 nitrogen and oxygen atoms in total. The summed E-state index contributed by atoms with van der Waals surface area (Å²) in [6.45, 7) is 0.708. The fourth-order valence-electron chi connectivity index (χ4n) is 4.56. The zero-order chi connectivity index (χ0) is 26.8. The summed E-state index contributed by atoms with van der Waals surface area (Å²) in [7, 11) is 1.34. The van der Waals surface area contributed by atoms with E-state index in [0.717, 1.165) is 5.69 Å². The van der Waals surface area contributed by atoms with Crippen LogP contribution in [0, 0.1) is 0 Å². The summed E-state index contributed by atoms with van der Waals surface area (Å²) in [5.74, 6) is 0.134. The molecular weight excluding hydrogens is 526 g/mol. The summed E-state index contributed by atoms with van der Waals surface area (Å²) in [5, 5.41) is 22.8. The molecule has 4 aromatic rings. The number of esters is 1. The molecular formula is C24H23N9O5S. The van der Waals surface area contributed by atoms with Crippen molar-refractivity contribution in [2.45, 2.75) is 24.3 Å². The molecule has 2 N–H and O–H groups in total. The van der Waals surface area contributed by atoms with Crippen molar-refractivity contribution >= 4 is 29.0 Å². The van der Waals surface area contributed by atoms with Crippen LogP contribution in [0.2, 0.25) is 0 Å². The third-order valence-corrected chi connectivity index (χ3v) is 6.61. The summed E-state index contributed by atoms with van der Waals surface area (Å²) in [5.41, 5.74) is 1.91. The number of hydrogen-bond acceptors (Lipinski definition) is 11. The SMILES string of the molecule is COC(=O)c1cccc(NC(=S)NC2COC3C2OCC3n2nnnc2Oc2ccc(-n3cncn3)cc2)c1. The number of nitrogens with zero attached hydrogens (tertiary/aromatic N) is 7. The molecule has 39 heavy (non-hydrogen) atoms. The highest BCUT2D eigenvalue weighted by Crippen LogP contribution is 2.36. The van der Waals surface area contributed by atoms with Crippen molar-refractivity contribution in [1.29, 1.82) is 0 Å². The Kier molecular flexibility index (Phi) is 6.83. The van der Waals surface area contributed by atoms with E-state index in [2.05, 4.69) is 36.2 Å². The molecule has 0 saturated carbocycles. The number of tetrazole rings is 1. The van der Waals surface area contributed by atoms with Crippen LogP contribution in [0.25, 0.3) is 5.69 Å². The molecule has 200 valence electrons. The number of carbonyl (C=O) groups excluding carboxylic acids is 1. The van der Waals surface area contributed by atoms with Crippen molar-refractivity contribution in [3.63, 3.8) is 0 Å². The molecule has 4 atom stereocenters. The molecule has 0 spiro atoms. The Bertz CT molecular complexity index is 1460. The Morgan fingerprint density at radius 2 is 1.97 bits per heavy atom. The number of rotatable bonds is 7. The van der Waals surface area contributed by atoms with Crippen LogP contribution in [-0.2, 0) is 14.2 Å². The van der Waals surface area contributed by atoms with Crippen molar-refractivity contribution in [3.8, 4) is 17.4 Å². The van der Waals surface area contributed by atoms with Gasteiger partial charge in [-0.15, -0.1) is 0 Å². The zero-order valence-electron chi connectivity index (χ0n) is 20.6. The van der Waals surface area contributed by atoms with Crippen LogP contribution in [0.4, 0.5) is 5.69 Å². The van der Waals surface area contributed by atoms with Gasteiger partial charge in [-0.3, -0.25) is 0 Å². The van der Waals surface area contributed by atoms with Crippen LogP contribution in [0.5, 0.6) is 11.8 Å². The molecule has 15 heteroatoms. The summed E-state index contributed by atoms with van der Waals surface area (Å²) in [6, 6.07) is 13.9. The first-order valence-corrected chi connectivity index (χ1v) is 12.4. The minimum Gasteiger partial charge on any atom is -0.465 e. The Morgan fingerprint density at radius 3 is 2.77 bits per heavy atom. The van der Waals surface area contributed by atoms with Gasteiger partial charge in [-0.05, 0) is 65.1 Å². The summed E-state index contributed by atoms with van der Waals surface area (Å²) in [4.78, 5) is 15.8. The monoisotopic (exact) mass is 549 g/mol. The van der Waals surface area contributed by atoms with Gasteiger partial charge < -0.3 is 29.6 Å². The molecule has 0 bridgehead atoms. The first kappa shape index (κ1) is 24.8. The average molecular weight is 550 g/mol. The molecule has 2 aliphatic heterocycles. The number of fused-ring (bicyclic) bond motifs is 1. The lowest BCUT2D eigenvalue weighted by molar-refractivity contribution is 0.0600. The van der Waals surface area contributed by atoms with Gasteiger partial charge in [-0.25, -0.2) is 14.5 Å². The number of carbonyl (C=O) groups is 1. The number of benzene rings is 2. The van der Waals surface area contributed by atoms with E-state index < -0.39 is 5.97 Å². The highest BCUT2D eigenvalue weighted by atomic mass is 32.1.